The largest absolute Gasteiger partial charge is 0.491 e. The van der Waals surface area contributed by atoms with Crippen molar-refractivity contribution in [3.8, 4) is 5.75 Å². The molecule has 0 amide bonds. The van der Waals surface area contributed by atoms with Crippen LogP contribution >= 0.6 is 11.3 Å². The summed E-state index contributed by atoms with van der Waals surface area (Å²) in [5, 5.41) is 13.1. The third-order valence-corrected chi connectivity index (χ3v) is 4.68. The summed E-state index contributed by atoms with van der Waals surface area (Å²) in [6, 6.07) is 9.40. The van der Waals surface area contributed by atoms with E-state index < -0.39 is 12.8 Å². The molecule has 2 N–H and O–H groups in total. The summed E-state index contributed by atoms with van der Waals surface area (Å²) >= 11 is 1.57. The van der Waals surface area contributed by atoms with Crippen molar-refractivity contribution >= 4 is 39.5 Å². The lowest BCUT2D eigenvalue weighted by atomic mass is 10.2. The van der Waals surface area contributed by atoms with Gasteiger partial charge in [-0.05, 0) is 35.9 Å². The molecule has 0 fully saturated rings. The van der Waals surface area contributed by atoms with Gasteiger partial charge < -0.3 is 15.2 Å². The highest BCUT2D eigenvalue weighted by Gasteiger charge is 2.06. The topological polar surface area (TPSA) is 67.3 Å². The molecule has 2 aromatic heterocycles. The van der Waals surface area contributed by atoms with Crippen LogP contribution in [0.15, 0.2) is 48.7 Å². The van der Waals surface area contributed by atoms with Gasteiger partial charge in [-0.15, -0.1) is 11.3 Å². The maximum atomic E-state index is 12.3. The summed E-state index contributed by atoms with van der Waals surface area (Å²) in [5.41, 5.74) is 1.82. The van der Waals surface area contributed by atoms with Crippen LogP contribution in [0.2, 0.25) is 0 Å². The lowest BCUT2D eigenvalue weighted by Crippen LogP contribution is -2.19. The van der Waals surface area contributed by atoms with E-state index in [2.05, 4.69) is 15.3 Å². The minimum absolute atomic E-state index is 0.0755. The van der Waals surface area contributed by atoms with Crippen molar-refractivity contribution in [2.24, 2.45) is 0 Å². The summed E-state index contributed by atoms with van der Waals surface area (Å²) in [7, 11) is 1.83. The minimum Gasteiger partial charge on any atom is -0.491 e. The fraction of sp³-hybridized carbons (Fsp3) is 0.200. The second-order valence-electron chi connectivity index (χ2n) is 5.75. The van der Waals surface area contributed by atoms with Crippen molar-refractivity contribution in [2.75, 3.05) is 25.6 Å². The lowest BCUT2D eigenvalue weighted by Gasteiger charge is -2.08. The number of ether oxygens (including phenoxy) is 1. The quantitative estimate of drug-likeness (QED) is 0.570. The average molecular weight is 385 g/mol. The number of rotatable bonds is 8. The molecule has 140 valence electrons. The highest BCUT2D eigenvalue weighted by molar-refractivity contribution is 7.19. The zero-order valence-corrected chi connectivity index (χ0v) is 15.6. The third-order valence-electron chi connectivity index (χ3n) is 3.68. The van der Waals surface area contributed by atoms with E-state index in [4.69, 9.17) is 4.74 Å². The molecule has 0 saturated heterocycles. The number of halogens is 1. The van der Waals surface area contributed by atoms with E-state index in [-0.39, 0.29) is 6.61 Å². The molecule has 0 spiro atoms. The van der Waals surface area contributed by atoms with Crippen molar-refractivity contribution in [1.29, 1.82) is 0 Å². The van der Waals surface area contributed by atoms with Gasteiger partial charge in [0.05, 0.1) is 10.2 Å². The normalized spacial score (nSPS) is 12.9. The number of nitrogens with zero attached hydrogens (tertiary/aromatic N) is 2. The van der Waals surface area contributed by atoms with Crippen LogP contribution < -0.4 is 10.1 Å². The van der Waals surface area contributed by atoms with Gasteiger partial charge in [-0.1, -0.05) is 18.2 Å². The van der Waals surface area contributed by atoms with Crippen LogP contribution in [0.25, 0.3) is 22.4 Å². The van der Waals surface area contributed by atoms with Gasteiger partial charge in [-0.3, -0.25) is 0 Å². The Morgan fingerprint density at radius 2 is 2.11 bits per heavy atom. The van der Waals surface area contributed by atoms with Gasteiger partial charge in [0.15, 0.2) is 0 Å². The molecule has 1 atom stereocenters. The number of fused-ring (bicyclic) bond motifs is 1. The highest BCUT2D eigenvalue weighted by atomic mass is 32.1. The summed E-state index contributed by atoms with van der Waals surface area (Å²) < 4.78 is 18.7. The molecule has 27 heavy (non-hydrogen) atoms. The molecule has 0 saturated carbocycles. The Labute approximate surface area is 160 Å². The van der Waals surface area contributed by atoms with E-state index in [0.717, 1.165) is 26.6 Å². The SMILES string of the molecule is CNc1ccc(/C=C/C=C/c2nc3cc(OCC(O)CF)ccc3s2)cn1. The predicted octanol–water partition coefficient (Wildman–Crippen LogP) is 4.17. The highest BCUT2D eigenvalue weighted by Crippen LogP contribution is 2.27. The number of allylic oxidation sites excluding steroid dienone is 2. The number of hydrogen-bond acceptors (Lipinski definition) is 6. The summed E-state index contributed by atoms with van der Waals surface area (Å²) in [6.07, 6.45) is 8.47. The molecule has 0 aliphatic rings. The van der Waals surface area contributed by atoms with E-state index in [9.17, 15) is 9.50 Å². The molecule has 0 aliphatic heterocycles. The molecule has 5 nitrogen and oxygen atoms in total. The number of benzene rings is 1. The van der Waals surface area contributed by atoms with Crippen LogP contribution in [-0.2, 0) is 0 Å². The number of pyridine rings is 1. The van der Waals surface area contributed by atoms with Gasteiger partial charge >= 0.3 is 0 Å². The number of anilines is 1. The molecule has 2 heterocycles. The maximum absolute atomic E-state index is 12.3. The Hall–Kier alpha value is -2.77. The molecule has 7 heteroatoms. The Morgan fingerprint density at radius 1 is 1.26 bits per heavy atom. The fourth-order valence-electron chi connectivity index (χ4n) is 2.28. The molecule has 0 radical (unpaired) electrons. The van der Waals surface area contributed by atoms with E-state index in [1.807, 2.05) is 49.6 Å². The first-order valence-electron chi connectivity index (χ1n) is 8.44. The molecule has 1 unspecified atom stereocenters. The zero-order chi connectivity index (χ0) is 19.1. The van der Waals surface area contributed by atoms with Crippen molar-refractivity contribution in [1.82, 2.24) is 9.97 Å². The number of hydrogen-bond donors (Lipinski definition) is 2. The number of thiazole rings is 1. The molecule has 0 bridgehead atoms. The first-order chi connectivity index (χ1) is 13.2. The van der Waals surface area contributed by atoms with Crippen molar-refractivity contribution < 1.29 is 14.2 Å². The number of alkyl halides is 1. The van der Waals surface area contributed by atoms with Crippen LogP contribution in [0.3, 0.4) is 0 Å². The monoisotopic (exact) mass is 385 g/mol. The van der Waals surface area contributed by atoms with Gasteiger partial charge in [0.1, 0.15) is 36.0 Å². The maximum Gasteiger partial charge on any atom is 0.125 e. The second-order valence-corrected chi connectivity index (χ2v) is 6.81. The average Bonchev–Trinajstić information content (AvgIpc) is 3.11. The summed E-state index contributed by atoms with van der Waals surface area (Å²) in [4.78, 5) is 8.81. The number of aliphatic hydroxyl groups excluding tert-OH is 1. The van der Waals surface area contributed by atoms with E-state index in [0.29, 0.717) is 5.75 Å². The summed E-state index contributed by atoms with van der Waals surface area (Å²) in [5.74, 6) is 1.40. The van der Waals surface area contributed by atoms with Gasteiger partial charge in [0, 0.05) is 19.3 Å². The van der Waals surface area contributed by atoms with Crippen LogP contribution in [0.1, 0.15) is 10.6 Å². The van der Waals surface area contributed by atoms with Gasteiger partial charge in [-0.2, -0.15) is 0 Å². The molecule has 0 aliphatic carbocycles. The van der Waals surface area contributed by atoms with Crippen LogP contribution in [-0.4, -0.2) is 41.5 Å². The number of nitrogens with one attached hydrogen (secondary N) is 1. The Balaban J connectivity index is 1.63. The van der Waals surface area contributed by atoms with Gasteiger partial charge in [0.25, 0.3) is 0 Å². The van der Waals surface area contributed by atoms with Crippen LogP contribution in [0.5, 0.6) is 5.75 Å². The van der Waals surface area contributed by atoms with Gasteiger partial charge in [0.2, 0.25) is 0 Å². The van der Waals surface area contributed by atoms with Crippen LogP contribution in [0.4, 0.5) is 10.2 Å². The second kappa shape index (κ2) is 9.25. The predicted molar refractivity (Wildman–Crippen MR) is 109 cm³/mol. The molecular weight excluding hydrogens is 365 g/mol. The first-order valence-corrected chi connectivity index (χ1v) is 9.25. The standard InChI is InChI=1S/C20H20FN3O2S/c1-22-19-9-6-14(12-23-19)4-2-3-5-20-24-17-10-16(7-8-18(17)27-20)26-13-15(25)11-21/h2-10,12,15,25H,11,13H2,1H3,(H,22,23)/b4-2+,5-3+. The Bertz CT molecular complexity index is 938. The fourth-order valence-corrected chi connectivity index (χ4v) is 3.14. The first kappa shape index (κ1) is 19.0. The van der Waals surface area contributed by atoms with Gasteiger partial charge in [-0.25, -0.2) is 14.4 Å². The minimum atomic E-state index is -1.11. The Kier molecular flexibility index (Phi) is 6.51. The Morgan fingerprint density at radius 3 is 2.85 bits per heavy atom. The zero-order valence-electron chi connectivity index (χ0n) is 14.8. The van der Waals surface area contributed by atoms with Crippen LogP contribution in [0, 0.1) is 0 Å². The molecule has 1 aromatic carbocycles. The number of aliphatic hydroxyl groups is 1. The van der Waals surface area contributed by atoms with Crippen molar-refractivity contribution in [3.63, 3.8) is 0 Å². The molecule has 3 rings (SSSR count). The lowest BCUT2D eigenvalue weighted by molar-refractivity contribution is 0.0842. The van der Waals surface area contributed by atoms with Crippen molar-refractivity contribution in [2.45, 2.75) is 6.10 Å². The van der Waals surface area contributed by atoms with E-state index in [1.165, 1.54) is 0 Å². The number of aromatic nitrogens is 2. The van der Waals surface area contributed by atoms with Crippen molar-refractivity contribution in [3.05, 3.63) is 59.3 Å². The molecular formula is C20H20FN3O2S. The van der Waals surface area contributed by atoms with E-state index >= 15 is 0 Å². The van der Waals surface area contributed by atoms with E-state index in [1.54, 1.807) is 29.7 Å². The smallest absolute Gasteiger partial charge is 0.125 e. The third kappa shape index (κ3) is 5.35. The molecule has 3 aromatic rings. The summed E-state index contributed by atoms with van der Waals surface area (Å²) in [6.45, 7) is -0.898.